The Hall–Kier alpha value is -2.29. The highest BCUT2D eigenvalue weighted by atomic mass is 16.7. The fourth-order valence-electron chi connectivity index (χ4n) is 3.61. The van der Waals surface area contributed by atoms with Crippen LogP contribution in [0.1, 0.15) is 18.1 Å². The first-order valence-corrected chi connectivity index (χ1v) is 10.3. The Bertz CT molecular complexity index is 783. The Labute approximate surface area is 183 Å². The summed E-state index contributed by atoms with van der Waals surface area (Å²) in [5.41, 5.74) is 2.04. The van der Waals surface area contributed by atoms with Crippen molar-refractivity contribution in [3.63, 3.8) is 0 Å². The van der Waals surface area contributed by atoms with Gasteiger partial charge in [-0.3, -0.25) is 4.79 Å². The molecule has 1 aliphatic rings. The average molecular weight is 430 g/mol. The zero-order valence-corrected chi connectivity index (χ0v) is 18.1. The molecule has 0 bridgehead atoms. The standard InChI is InChI=1S/C24H30O7/c1-17(25)30-24-23(27-3)22(29-15-19-12-8-5-9-13-19)21(20(31-24)16-26-2)28-14-18-10-6-4-7-11-18/h4-13,20-24H,14-16H2,1-3H3/t20-,21-,22+,23+,24+/m1/s1. The summed E-state index contributed by atoms with van der Waals surface area (Å²) in [6.45, 7) is 2.30. The highest BCUT2D eigenvalue weighted by Crippen LogP contribution is 2.30. The van der Waals surface area contributed by atoms with Crippen LogP contribution in [-0.4, -0.2) is 57.5 Å². The molecule has 3 rings (SSSR count). The third-order valence-electron chi connectivity index (χ3n) is 5.05. The van der Waals surface area contributed by atoms with Crippen molar-refractivity contribution in [1.29, 1.82) is 0 Å². The molecule has 7 heteroatoms. The van der Waals surface area contributed by atoms with Gasteiger partial charge in [-0.2, -0.15) is 0 Å². The third kappa shape index (κ3) is 6.59. The number of ether oxygens (including phenoxy) is 6. The lowest BCUT2D eigenvalue weighted by molar-refractivity contribution is -0.313. The first kappa shape index (κ1) is 23.4. The lowest BCUT2D eigenvalue weighted by Gasteiger charge is -2.44. The predicted octanol–water partition coefficient (Wildman–Crippen LogP) is 3.11. The molecule has 0 N–H and O–H groups in total. The predicted molar refractivity (Wildman–Crippen MR) is 113 cm³/mol. The molecule has 1 saturated heterocycles. The van der Waals surface area contributed by atoms with E-state index in [1.165, 1.54) is 14.0 Å². The van der Waals surface area contributed by atoms with Crippen LogP contribution in [0.15, 0.2) is 60.7 Å². The van der Waals surface area contributed by atoms with E-state index in [0.717, 1.165) is 11.1 Å². The Kier molecular flexibility index (Phi) is 8.99. The molecule has 1 fully saturated rings. The minimum atomic E-state index is -0.931. The van der Waals surface area contributed by atoms with Crippen molar-refractivity contribution in [3.8, 4) is 0 Å². The number of esters is 1. The minimum absolute atomic E-state index is 0.249. The average Bonchev–Trinajstić information content (AvgIpc) is 2.78. The molecule has 1 aliphatic heterocycles. The summed E-state index contributed by atoms with van der Waals surface area (Å²) in [6.07, 6.45) is -3.15. The molecule has 0 saturated carbocycles. The molecule has 0 aromatic heterocycles. The molecule has 0 unspecified atom stereocenters. The zero-order chi connectivity index (χ0) is 22.1. The summed E-state index contributed by atoms with van der Waals surface area (Å²) in [6, 6.07) is 19.7. The second-order valence-electron chi connectivity index (χ2n) is 7.33. The van der Waals surface area contributed by atoms with Crippen LogP contribution >= 0.6 is 0 Å². The van der Waals surface area contributed by atoms with Crippen molar-refractivity contribution in [3.05, 3.63) is 71.8 Å². The van der Waals surface area contributed by atoms with Crippen molar-refractivity contribution in [2.24, 2.45) is 0 Å². The van der Waals surface area contributed by atoms with Gasteiger partial charge in [-0.15, -0.1) is 0 Å². The highest BCUT2D eigenvalue weighted by Gasteiger charge is 2.49. The summed E-state index contributed by atoms with van der Waals surface area (Å²) in [5.74, 6) is -0.464. The van der Waals surface area contributed by atoms with E-state index < -0.39 is 36.7 Å². The smallest absolute Gasteiger partial charge is 0.305 e. The van der Waals surface area contributed by atoms with Gasteiger partial charge in [0.1, 0.15) is 24.4 Å². The Morgan fingerprint density at radius 2 is 1.39 bits per heavy atom. The molecule has 2 aromatic rings. The van der Waals surface area contributed by atoms with E-state index >= 15 is 0 Å². The van der Waals surface area contributed by atoms with Gasteiger partial charge in [0.05, 0.1) is 19.8 Å². The summed E-state index contributed by atoms with van der Waals surface area (Å²) >= 11 is 0. The summed E-state index contributed by atoms with van der Waals surface area (Å²) in [4.78, 5) is 11.7. The van der Waals surface area contributed by atoms with E-state index in [9.17, 15) is 4.79 Å². The monoisotopic (exact) mass is 430 g/mol. The Morgan fingerprint density at radius 3 is 1.87 bits per heavy atom. The van der Waals surface area contributed by atoms with Crippen molar-refractivity contribution in [2.45, 2.75) is 50.8 Å². The summed E-state index contributed by atoms with van der Waals surface area (Å²) in [7, 11) is 3.12. The number of rotatable bonds is 10. The second kappa shape index (κ2) is 11.9. The van der Waals surface area contributed by atoms with Gasteiger partial charge in [0.15, 0.2) is 0 Å². The zero-order valence-electron chi connectivity index (χ0n) is 18.1. The number of carbonyl (C=O) groups excluding carboxylic acids is 1. The van der Waals surface area contributed by atoms with Crippen LogP contribution < -0.4 is 0 Å². The molecule has 0 spiro atoms. The number of carbonyl (C=O) groups is 1. The van der Waals surface area contributed by atoms with E-state index in [1.54, 1.807) is 7.11 Å². The number of hydrogen-bond donors (Lipinski definition) is 0. The molecule has 168 valence electrons. The molecule has 5 atom stereocenters. The van der Waals surface area contributed by atoms with Crippen LogP contribution in [0.4, 0.5) is 0 Å². The van der Waals surface area contributed by atoms with Crippen molar-refractivity contribution >= 4 is 5.97 Å². The van der Waals surface area contributed by atoms with Gasteiger partial charge >= 0.3 is 5.97 Å². The van der Waals surface area contributed by atoms with E-state index in [0.29, 0.717) is 13.2 Å². The number of hydrogen-bond acceptors (Lipinski definition) is 7. The molecule has 0 radical (unpaired) electrons. The molecule has 7 nitrogen and oxygen atoms in total. The number of benzene rings is 2. The Balaban J connectivity index is 1.83. The van der Waals surface area contributed by atoms with Gasteiger partial charge in [-0.25, -0.2) is 0 Å². The van der Waals surface area contributed by atoms with Crippen molar-refractivity contribution in [2.75, 3.05) is 20.8 Å². The lowest BCUT2D eigenvalue weighted by atomic mass is 9.98. The van der Waals surface area contributed by atoms with Crippen LogP contribution in [0.5, 0.6) is 0 Å². The molecule has 31 heavy (non-hydrogen) atoms. The van der Waals surface area contributed by atoms with E-state index in [1.807, 2.05) is 60.7 Å². The molecular formula is C24H30O7. The first-order chi connectivity index (χ1) is 15.1. The van der Waals surface area contributed by atoms with Gasteiger partial charge in [0.2, 0.25) is 6.29 Å². The third-order valence-corrected chi connectivity index (χ3v) is 5.05. The summed E-state index contributed by atoms with van der Waals surface area (Å²) < 4.78 is 35.0. The van der Waals surface area contributed by atoms with Crippen LogP contribution in [-0.2, 0) is 46.4 Å². The molecular weight excluding hydrogens is 400 g/mol. The van der Waals surface area contributed by atoms with Gasteiger partial charge in [-0.1, -0.05) is 60.7 Å². The molecule has 0 aliphatic carbocycles. The maximum Gasteiger partial charge on any atom is 0.305 e. The van der Waals surface area contributed by atoms with Gasteiger partial charge < -0.3 is 28.4 Å². The molecule has 1 heterocycles. The lowest BCUT2D eigenvalue weighted by Crippen LogP contribution is -2.61. The van der Waals surface area contributed by atoms with Crippen molar-refractivity contribution in [1.82, 2.24) is 0 Å². The summed E-state index contributed by atoms with van der Waals surface area (Å²) in [5, 5.41) is 0. The first-order valence-electron chi connectivity index (χ1n) is 10.3. The SMILES string of the molecule is COC[C@H]1O[C@H](OC(C)=O)[C@@H](OC)[C@@H](OCc2ccccc2)[C@@H]1OCc1ccccc1. The van der Waals surface area contributed by atoms with Gasteiger partial charge in [0, 0.05) is 21.1 Å². The van der Waals surface area contributed by atoms with Crippen LogP contribution in [0.3, 0.4) is 0 Å². The quantitative estimate of drug-likeness (QED) is 0.536. The minimum Gasteiger partial charge on any atom is -0.433 e. The molecule has 0 amide bonds. The Morgan fingerprint density at radius 1 is 0.839 bits per heavy atom. The largest absolute Gasteiger partial charge is 0.433 e. The van der Waals surface area contributed by atoms with Crippen LogP contribution in [0, 0.1) is 0 Å². The van der Waals surface area contributed by atoms with E-state index in [4.69, 9.17) is 28.4 Å². The maximum absolute atomic E-state index is 11.7. The topological polar surface area (TPSA) is 72.5 Å². The second-order valence-corrected chi connectivity index (χ2v) is 7.33. The fraction of sp³-hybridized carbons (Fsp3) is 0.458. The molecule has 2 aromatic carbocycles. The van der Waals surface area contributed by atoms with Crippen molar-refractivity contribution < 1.29 is 33.2 Å². The van der Waals surface area contributed by atoms with Gasteiger partial charge in [-0.05, 0) is 11.1 Å². The van der Waals surface area contributed by atoms with E-state index in [-0.39, 0.29) is 6.61 Å². The fourth-order valence-corrected chi connectivity index (χ4v) is 3.61. The van der Waals surface area contributed by atoms with E-state index in [2.05, 4.69) is 0 Å². The normalized spacial score (nSPS) is 25.8. The van der Waals surface area contributed by atoms with Gasteiger partial charge in [0.25, 0.3) is 0 Å². The van der Waals surface area contributed by atoms with Crippen LogP contribution in [0.2, 0.25) is 0 Å². The van der Waals surface area contributed by atoms with Crippen LogP contribution in [0.25, 0.3) is 0 Å². The highest BCUT2D eigenvalue weighted by molar-refractivity contribution is 5.66. The number of methoxy groups -OCH3 is 2. The maximum atomic E-state index is 11.7.